The summed E-state index contributed by atoms with van der Waals surface area (Å²) in [5.74, 6) is -2.43. The molecule has 33 heavy (non-hydrogen) atoms. The van der Waals surface area contributed by atoms with Crippen LogP contribution in [-0.2, 0) is 22.8 Å². The molecule has 11 heteroatoms. The normalized spacial score (nSPS) is 19.9. The molecular weight excluding hydrogens is 472 g/mol. The minimum absolute atomic E-state index is 0.0203. The van der Waals surface area contributed by atoms with Crippen molar-refractivity contribution >= 4 is 29.2 Å². The van der Waals surface area contributed by atoms with Gasteiger partial charge in [0.05, 0.1) is 16.2 Å². The smallest absolute Gasteiger partial charge is 0.297 e. The van der Waals surface area contributed by atoms with E-state index >= 15 is 0 Å². The number of alkyl halides is 2. The second-order valence-corrected chi connectivity index (χ2v) is 10.1. The number of fused-ring (bicyclic) bond motifs is 2. The van der Waals surface area contributed by atoms with Gasteiger partial charge in [-0.1, -0.05) is 16.8 Å². The molecule has 5 rings (SSSR count). The number of halogens is 3. The van der Waals surface area contributed by atoms with Gasteiger partial charge in [-0.15, -0.1) is 11.3 Å². The highest BCUT2D eigenvalue weighted by Crippen LogP contribution is 2.52. The molecule has 0 aromatic carbocycles. The number of thiophene rings is 1. The zero-order valence-corrected chi connectivity index (χ0v) is 19.4. The molecule has 0 saturated carbocycles. The summed E-state index contributed by atoms with van der Waals surface area (Å²) in [6.07, 6.45) is 6.14. The molecule has 1 N–H and O–H groups in total. The number of pyridine rings is 1. The van der Waals surface area contributed by atoms with Crippen LogP contribution in [0.4, 0.5) is 8.78 Å². The average molecular weight is 494 g/mol. The van der Waals surface area contributed by atoms with Crippen LogP contribution < -0.4 is 0 Å². The fourth-order valence-electron chi connectivity index (χ4n) is 4.55. The topological polar surface area (TPSA) is 75.8 Å². The van der Waals surface area contributed by atoms with Crippen molar-refractivity contribution in [3.05, 3.63) is 62.2 Å². The zero-order chi connectivity index (χ0) is 23.2. The Labute approximate surface area is 198 Å². The van der Waals surface area contributed by atoms with Crippen molar-refractivity contribution < 1.29 is 18.7 Å². The number of rotatable bonds is 4. The quantitative estimate of drug-likeness (QED) is 0.323. The molecule has 3 aromatic rings. The van der Waals surface area contributed by atoms with Gasteiger partial charge in [0.15, 0.2) is 5.82 Å². The third-order valence-corrected chi connectivity index (χ3v) is 7.78. The number of ether oxygens (including phenoxy) is 1. The number of oxime groups is 1. The van der Waals surface area contributed by atoms with Crippen molar-refractivity contribution in [3.63, 3.8) is 0 Å². The summed E-state index contributed by atoms with van der Waals surface area (Å²) in [7, 11) is 0. The van der Waals surface area contributed by atoms with Crippen molar-refractivity contribution in [2.75, 3.05) is 19.7 Å². The van der Waals surface area contributed by atoms with Gasteiger partial charge in [-0.3, -0.25) is 4.90 Å². The molecule has 0 atom stereocenters. The SMILES string of the molecule is Cc1nn(-c2ncccc2/C=N\O)cc1CN1CCC2(CC1)OCC(F)(F)c1cc(Cl)sc12. The van der Waals surface area contributed by atoms with E-state index in [1.54, 1.807) is 23.0 Å². The summed E-state index contributed by atoms with van der Waals surface area (Å²) in [4.78, 5) is 7.20. The molecule has 5 heterocycles. The first-order chi connectivity index (χ1) is 15.8. The van der Waals surface area contributed by atoms with Crippen LogP contribution in [-0.4, -0.2) is 50.8 Å². The van der Waals surface area contributed by atoms with Crippen LogP contribution in [0, 0.1) is 6.92 Å². The van der Waals surface area contributed by atoms with Gasteiger partial charge < -0.3 is 9.94 Å². The summed E-state index contributed by atoms with van der Waals surface area (Å²) in [5, 5.41) is 16.6. The molecule has 0 bridgehead atoms. The summed E-state index contributed by atoms with van der Waals surface area (Å²) in [5.41, 5.74) is 1.88. The van der Waals surface area contributed by atoms with Crippen LogP contribution in [0.3, 0.4) is 0 Å². The van der Waals surface area contributed by atoms with Gasteiger partial charge in [-0.2, -0.15) is 13.9 Å². The highest BCUT2D eigenvalue weighted by molar-refractivity contribution is 7.16. The van der Waals surface area contributed by atoms with Gasteiger partial charge in [0.25, 0.3) is 5.92 Å². The van der Waals surface area contributed by atoms with E-state index in [2.05, 4.69) is 20.1 Å². The summed E-state index contributed by atoms with van der Waals surface area (Å²) in [6, 6.07) is 4.95. The first-order valence-electron chi connectivity index (χ1n) is 10.5. The second kappa shape index (κ2) is 8.43. The Morgan fingerprint density at radius 3 is 2.91 bits per heavy atom. The van der Waals surface area contributed by atoms with E-state index < -0.39 is 18.1 Å². The fourth-order valence-corrected chi connectivity index (χ4v) is 6.03. The third-order valence-electron chi connectivity index (χ3n) is 6.33. The van der Waals surface area contributed by atoms with Crippen LogP contribution in [0.15, 0.2) is 35.7 Å². The van der Waals surface area contributed by atoms with E-state index in [0.717, 1.165) is 11.3 Å². The van der Waals surface area contributed by atoms with Crippen LogP contribution >= 0.6 is 22.9 Å². The summed E-state index contributed by atoms with van der Waals surface area (Å²) < 4.78 is 36.6. The van der Waals surface area contributed by atoms with E-state index in [1.807, 2.05) is 13.1 Å². The van der Waals surface area contributed by atoms with Crippen LogP contribution in [0.5, 0.6) is 0 Å². The molecule has 1 spiro atoms. The lowest BCUT2D eigenvalue weighted by Crippen LogP contribution is -2.48. The first-order valence-corrected chi connectivity index (χ1v) is 11.7. The molecule has 0 unspecified atom stereocenters. The fraction of sp³-hybridized carbons (Fsp3) is 0.409. The van der Waals surface area contributed by atoms with E-state index in [-0.39, 0.29) is 5.56 Å². The number of piperidine rings is 1. The first kappa shape index (κ1) is 22.4. The van der Waals surface area contributed by atoms with Gasteiger partial charge in [0.2, 0.25) is 0 Å². The van der Waals surface area contributed by atoms with Crippen molar-refractivity contribution in [1.29, 1.82) is 0 Å². The Kier molecular flexibility index (Phi) is 5.72. The predicted molar refractivity (Wildman–Crippen MR) is 121 cm³/mol. The number of aryl methyl sites for hydroxylation is 1. The van der Waals surface area contributed by atoms with Gasteiger partial charge in [-0.05, 0) is 38.0 Å². The van der Waals surface area contributed by atoms with Crippen LogP contribution in [0.1, 0.15) is 40.1 Å². The van der Waals surface area contributed by atoms with Crippen molar-refractivity contribution in [3.8, 4) is 5.82 Å². The minimum Gasteiger partial charge on any atom is -0.411 e. The van der Waals surface area contributed by atoms with Gasteiger partial charge >= 0.3 is 0 Å². The van der Waals surface area contributed by atoms with Crippen molar-refractivity contribution in [1.82, 2.24) is 19.7 Å². The Bertz CT molecular complexity index is 1200. The largest absolute Gasteiger partial charge is 0.411 e. The van der Waals surface area contributed by atoms with E-state index in [1.165, 1.54) is 23.6 Å². The molecule has 1 fully saturated rings. The number of hydrogen-bond donors (Lipinski definition) is 1. The highest BCUT2D eigenvalue weighted by atomic mass is 35.5. The predicted octanol–water partition coefficient (Wildman–Crippen LogP) is 4.71. The molecular formula is C22H22ClF2N5O2S. The Balaban J connectivity index is 1.32. The van der Waals surface area contributed by atoms with Gasteiger partial charge in [0.1, 0.15) is 12.2 Å². The van der Waals surface area contributed by atoms with Crippen LogP contribution in [0.2, 0.25) is 4.34 Å². The number of aromatic nitrogens is 3. The second-order valence-electron chi connectivity index (χ2n) is 8.40. The van der Waals surface area contributed by atoms with Crippen molar-refractivity contribution in [2.24, 2.45) is 5.16 Å². The zero-order valence-electron chi connectivity index (χ0n) is 17.8. The highest BCUT2D eigenvalue weighted by Gasteiger charge is 2.51. The lowest BCUT2D eigenvalue weighted by Gasteiger charge is -2.45. The van der Waals surface area contributed by atoms with Crippen LogP contribution in [0.25, 0.3) is 5.82 Å². The number of likely N-dealkylation sites (tertiary alicyclic amines) is 1. The monoisotopic (exact) mass is 493 g/mol. The molecule has 7 nitrogen and oxygen atoms in total. The maximum absolute atomic E-state index is 14.4. The van der Waals surface area contributed by atoms with E-state index in [0.29, 0.717) is 53.1 Å². The number of hydrogen-bond acceptors (Lipinski definition) is 7. The molecule has 0 amide bonds. The number of nitrogens with zero attached hydrogens (tertiary/aromatic N) is 5. The molecule has 0 aliphatic carbocycles. The third kappa shape index (κ3) is 4.05. The minimum atomic E-state index is -3.00. The van der Waals surface area contributed by atoms with E-state index in [4.69, 9.17) is 21.5 Å². The standard InChI is InChI=1S/C22H22ClF2N5O2S/c1-14-16(12-30(28-14)20-15(10-27-31)3-2-6-26-20)11-29-7-4-21(5-8-29)19-17(9-18(23)33-19)22(24,25)13-32-21/h2-3,6,9-10,12,31H,4-5,7-8,11,13H2,1H3/b27-10-. The molecule has 174 valence electrons. The maximum Gasteiger partial charge on any atom is 0.297 e. The summed E-state index contributed by atoms with van der Waals surface area (Å²) >= 11 is 7.31. The lowest BCUT2D eigenvalue weighted by atomic mass is 9.84. The average Bonchev–Trinajstić information content (AvgIpc) is 3.37. The molecule has 1 saturated heterocycles. The maximum atomic E-state index is 14.4. The lowest BCUT2D eigenvalue weighted by molar-refractivity contribution is -0.182. The Hall–Kier alpha value is -2.40. The van der Waals surface area contributed by atoms with Crippen molar-refractivity contribution in [2.45, 2.75) is 37.8 Å². The Morgan fingerprint density at radius 2 is 2.15 bits per heavy atom. The molecule has 2 aliphatic heterocycles. The summed E-state index contributed by atoms with van der Waals surface area (Å²) in [6.45, 7) is 3.41. The van der Waals surface area contributed by atoms with Gasteiger partial charge in [0, 0.05) is 53.6 Å². The molecule has 3 aromatic heterocycles. The molecule has 0 radical (unpaired) electrons. The molecule has 2 aliphatic rings. The van der Waals surface area contributed by atoms with E-state index in [9.17, 15) is 8.78 Å². The Morgan fingerprint density at radius 1 is 1.36 bits per heavy atom. The van der Waals surface area contributed by atoms with Gasteiger partial charge in [-0.25, -0.2) is 9.67 Å².